The Hall–Kier alpha value is -1.36. The average molecular weight is 311 g/mol. The second kappa shape index (κ2) is 5.95. The standard InChI is InChI=1S/C15H15ClO3S/c1-11-5-4-6-12(9-11)14(17)10-20(18,19)15-8-3-2-7-13(15)16/h2-9,14,17H,10H2,1H3. The van der Waals surface area contributed by atoms with Crippen LogP contribution in [0.2, 0.25) is 5.02 Å². The van der Waals surface area contributed by atoms with Gasteiger partial charge in [-0.25, -0.2) is 8.42 Å². The molecule has 20 heavy (non-hydrogen) atoms. The number of sulfone groups is 1. The number of aryl methyl sites for hydroxylation is 1. The molecule has 0 aliphatic carbocycles. The molecular weight excluding hydrogens is 296 g/mol. The first-order valence-corrected chi connectivity index (χ1v) is 8.15. The number of aliphatic hydroxyl groups is 1. The maximum absolute atomic E-state index is 12.3. The van der Waals surface area contributed by atoms with E-state index in [2.05, 4.69) is 0 Å². The van der Waals surface area contributed by atoms with Gasteiger partial charge in [0.25, 0.3) is 0 Å². The molecule has 5 heteroatoms. The Morgan fingerprint density at radius 1 is 1.15 bits per heavy atom. The van der Waals surface area contributed by atoms with Crippen LogP contribution in [0.4, 0.5) is 0 Å². The van der Waals surface area contributed by atoms with Gasteiger partial charge in [0.05, 0.1) is 21.8 Å². The van der Waals surface area contributed by atoms with Crippen LogP contribution in [0, 0.1) is 6.92 Å². The molecule has 0 aromatic heterocycles. The van der Waals surface area contributed by atoms with E-state index >= 15 is 0 Å². The van der Waals surface area contributed by atoms with E-state index in [0.29, 0.717) is 5.56 Å². The summed E-state index contributed by atoms with van der Waals surface area (Å²) in [5.41, 5.74) is 1.55. The van der Waals surface area contributed by atoms with Gasteiger partial charge in [0.1, 0.15) is 0 Å². The van der Waals surface area contributed by atoms with Crippen LogP contribution in [0.5, 0.6) is 0 Å². The molecule has 0 amide bonds. The Morgan fingerprint density at radius 2 is 1.85 bits per heavy atom. The maximum atomic E-state index is 12.3. The van der Waals surface area contributed by atoms with Crippen molar-refractivity contribution >= 4 is 21.4 Å². The third-order valence-corrected chi connectivity index (χ3v) is 5.20. The minimum absolute atomic E-state index is 0.0494. The summed E-state index contributed by atoms with van der Waals surface area (Å²) in [4.78, 5) is 0.0494. The summed E-state index contributed by atoms with van der Waals surface area (Å²) in [6.07, 6.45) is -1.07. The first kappa shape index (κ1) is 15.0. The first-order chi connectivity index (χ1) is 9.40. The molecule has 0 saturated carbocycles. The van der Waals surface area contributed by atoms with Crippen molar-refractivity contribution in [2.24, 2.45) is 0 Å². The predicted molar refractivity (Wildman–Crippen MR) is 79.6 cm³/mol. The number of hydrogen-bond donors (Lipinski definition) is 1. The van der Waals surface area contributed by atoms with Crippen molar-refractivity contribution in [1.29, 1.82) is 0 Å². The van der Waals surface area contributed by atoms with Gasteiger partial charge in [-0.15, -0.1) is 0 Å². The highest BCUT2D eigenvalue weighted by molar-refractivity contribution is 7.91. The smallest absolute Gasteiger partial charge is 0.182 e. The van der Waals surface area contributed by atoms with E-state index in [9.17, 15) is 13.5 Å². The van der Waals surface area contributed by atoms with Crippen molar-refractivity contribution in [1.82, 2.24) is 0 Å². The minimum Gasteiger partial charge on any atom is -0.387 e. The molecule has 2 aromatic rings. The quantitative estimate of drug-likeness (QED) is 0.943. The number of halogens is 1. The fraction of sp³-hybridized carbons (Fsp3) is 0.200. The molecule has 2 aromatic carbocycles. The van der Waals surface area contributed by atoms with Crippen molar-refractivity contribution in [3.8, 4) is 0 Å². The Morgan fingerprint density at radius 3 is 2.50 bits per heavy atom. The molecule has 106 valence electrons. The summed E-state index contributed by atoms with van der Waals surface area (Å²) >= 11 is 5.90. The number of benzene rings is 2. The summed E-state index contributed by atoms with van der Waals surface area (Å²) in [7, 11) is -3.63. The molecule has 0 heterocycles. The zero-order valence-corrected chi connectivity index (χ0v) is 12.5. The van der Waals surface area contributed by atoms with Crippen LogP contribution >= 0.6 is 11.6 Å². The highest BCUT2D eigenvalue weighted by Crippen LogP contribution is 2.25. The highest BCUT2D eigenvalue weighted by Gasteiger charge is 2.23. The van der Waals surface area contributed by atoms with Crippen LogP contribution in [0.3, 0.4) is 0 Å². The molecule has 0 radical (unpaired) electrons. The van der Waals surface area contributed by atoms with Gasteiger partial charge in [-0.2, -0.15) is 0 Å². The molecule has 1 N–H and O–H groups in total. The van der Waals surface area contributed by atoms with Crippen molar-refractivity contribution in [3.05, 3.63) is 64.7 Å². The predicted octanol–water partition coefficient (Wildman–Crippen LogP) is 3.16. The number of rotatable bonds is 4. The lowest BCUT2D eigenvalue weighted by Gasteiger charge is -2.13. The van der Waals surface area contributed by atoms with E-state index in [-0.39, 0.29) is 15.7 Å². The average Bonchev–Trinajstić information content (AvgIpc) is 2.38. The van der Waals surface area contributed by atoms with Gasteiger partial charge in [-0.3, -0.25) is 0 Å². The molecule has 1 atom stereocenters. The molecular formula is C15H15ClO3S. The zero-order chi connectivity index (χ0) is 14.8. The normalized spacial score (nSPS) is 13.2. The third-order valence-electron chi connectivity index (χ3n) is 2.98. The molecule has 0 bridgehead atoms. The van der Waals surface area contributed by atoms with E-state index in [4.69, 9.17) is 11.6 Å². The van der Waals surface area contributed by atoms with Gasteiger partial charge in [0.2, 0.25) is 0 Å². The second-order valence-electron chi connectivity index (χ2n) is 4.64. The topological polar surface area (TPSA) is 54.4 Å². The van der Waals surface area contributed by atoms with Gasteiger partial charge in [0.15, 0.2) is 9.84 Å². The lowest BCUT2D eigenvalue weighted by Crippen LogP contribution is -2.15. The second-order valence-corrected chi connectivity index (χ2v) is 7.05. The SMILES string of the molecule is Cc1cccc(C(O)CS(=O)(=O)c2ccccc2Cl)c1. The van der Waals surface area contributed by atoms with Crippen LogP contribution in [-0.2, 0) is 9.84 Å². The number of hydrogen-bond acceptors (Lipinski definition) is 3. The molecule has 1 unspecified atom stereocenters. The van der Waals surface area contributed by atoms with E-state index in [0.717, 1.165) is 5.56 Å². The molecule has 3 nitrogen and oxygen atoms in total. The van der Waals surface area contributed by atoms with E-state index in [1.54, 1.807) is 30.3 Å². The van der Waals surface area contributed by atoms with Gasteiger partial charge in [0, 0.05) is 0 Å². The summed E-state index contributed by atoms with van der Waals surface area (Å²) in [5.74, 6) is -0.389. The van der Waals surface area contributed by atoms with Gasteiger partial charge in [-0.1, -0.05) is 53.6 Å². The first-order valence-electron chi connectivity index (χ1n) is 6.12. The van der Waals surface area contributed by atoms with Gasteiger partial charge in [-0.05, 0) is 24.6 Å². The van der Waals surface area contributed by atoms with E-state index in [1.165, 1.54) is 12.1 Å². The Bertz CT molecular complexity index is 711. The van der Waals surface area contributed by atoms with E-state index in [1.807, 2.05) is 13.0 Å². The summed E-state index contributed by atoms with van der Waals surface area (Å²) in [5, 5.41) is 10.3. The molecule has 2 rings (SSSR count). The van der Waals surface area contributed by atoms with Crippen LogP contribution in [0.1, 0.15) is 17.2 Å². The fourth-order valence-electron chi connectivity index (χ4n) is 1.97. The Kier molecular flexibility index (Phi) is 4.48. The van der Waals surface area contributed by atoms with Gasteiger partial charge >= 0.3 is 0 Å². The summed E-state index contributed by atoms with van der Waals surface area (Å²) in [6, 6.07) is 13.4. The van der Waals surface area contributed by atoms with Crippen LogP contribution in [0.15, 0.2) is 53.4 Å². The maximum Gasteiger partial charge on any atom is 0.182 e. The molecule has 0 aliphatic rings. The summed E-state index contributed by atoms with van der Waals surface area (Å²) < 4.78 is 24.6. The van der Waals surface area contributed by atoms with Crippen molar-refractivity contribution < 1.29 is 13.5 Å². The van der Waals surface area contributed by atoms with Crippen molar-refractivity contribution in [2.75, 3.05) is 5.75 Å². The molecule has 0 fully saturated rings. The van der Waals surface area contributed by atoms with Gasteiger partial charge < -0.3 is 5.11 Å². The molecule has 0 aliphatic heterocycles. The largest absolute Gasteiger partial charge is 0.387 e. The summed E-state index contributed by atoms with van der Waals surface area (Å²) in [6.45, 7) is 1.89. The Labute approximate surface area is 123 Å². The zero-order valence-electron chi connectivity index (χ0n) is 11.0. The molecule has 0 saturated heterocycles. The Balaban J connectivity index is 2.27. The minimum atomic E-state index is -3.63. The fourth-order valence-corrected chi connectivity index (χ4v) is 3.90. The van der Waals surface area contributed by atoms with E-state index < -0.39 is 15.9 Å². The van der Waals surface area contributed by atoms with Crippen molar-refractivity contribution in [2.45, 2.75) is 17.9 Å². The number of aliphatic hydroxyl groups excluding tert-OH is 1. The van der Waals surface area contributed by atoms with Crippen LogP contribution in [-0.4, -0.2) is 19.3 Å². The third kappa shape index (κ3) is 3.39. The van der Waals surface area contributed by atoms with Crippen LogP contribution < -0.4 is 0 Å². The molecule has 0 spiro atoms. The monoisotopic (exact) mass is 310 g/mol. The lowest BCUT2D eigenvalue weighted by atomic mass is 10.1. The highest BCUT2D eigenvalue weighted by atomic mass is 35.5. The van der Waals surface area contributed by atoms with Crippen molar-refractivity contribution in [3.63, 3.8) is 0 Å². The lowest BCUT2D eigenvalue weighted by molar-refractivity contribution is 0.201. The van der Waals surface area contributed by atoms with Crippen LogP contribution in [0.25, 0.3) is 0 Å².